The van der Waals surface area contributed by atoms with Crippen LogP contribution in [0.3, 0.4) is 0 Å². The van der Waals surface area contributed by atoms with Gasteiger partial charge >= 0.3 is 5.97 Å². The Balaban J connectivity index is 2.16. The normalized spacial score (nSPS) is 17.0. The Morgan fingerprint density at radius 3 is 2.73 bits per heavy atom. The van der Waals surface area contributed by atoms with Gasteiger partial charge in [0.05, 0.1) is 31.9 Å². The average molecular weight is 366 g/mol. The van der Waals surface area contributed by atoms with E-state index in [1.54, 1.807) is 4.90 Å². The van der Waals surface area contributed by atoms with Crippen molar-refractivity contribution in [3.63, 3.8) is 0 Å². The molecule has 0 aromatic heterocycles. The maximum atomic E-state index is 12.9. The van der Waals surface area contributed by atoms with Crippen molar-refractivity contribution >= 4 is 17.6 Å². The highest BCUT2D eigenvalue weighted by Gasteiger charge is 2.28. The number of carboxylic acids is 1. The quantitative estimate of drug-likeness (QED) is 0.471. The minimum absolute atomic E-state index is 0.00583. The number of likely N-dealkylation sites (tertiary alicyclic amines) is 1. The summed E-state index contributed by atoms with van der Waals surface area (Å²) in [5.74, 6) is -0.405. The number of methoxy groups -OCH3 is 1. The second-order valence-electron chi connectivity index (χ2n) is 6.27. The SMILES string of the molecule is COc1cc(C(=O)N2CCCC[C@H]2CO)c(N)cc1OCCCC(=O)O. The third-order valence-electron chi connectivity index (χ3n) is 4.46. The van der Waals surface area contributed by atoms with E-state index >= 15 is 0 Å². The number of carbonyl (C=O) groups excluding carboxylic acids is 1. The van der Waals surface area contributed by atoms with Crippen LogP contribution in [-0.4, -0.2) is 59.9 Å². The van der Waals surface area contributed by atoms with Gasteiger partial charge in [0.1, 0.15) is 0 Å². The van der Waals surface area contributed by atoms with Crippen molar-refractivity contribution in [1.82, 2.24) is 4.90 Å². The lowest BCUT2D eigenvalue weighted by Crippen LogP contribution is -2.45. The van der Waals surface area contributed by atoms with Crippen molar-refractivity contribution < 1.29 is 29.3 Å². The van der Waals surface area contributed by atoms with E-state index in [0.29, 0.717) is 30.0 Å². The minimum Gasteiger partial charge on any atom is -0.493 e. The van der Waals surface area contributed by atoms with E-state index in [2.05, 4.69) is 0 Å². The maximum absolute atomic E-state index is 12.9. The smallest absolute Gasteiger partial charge is 0.303 e. The van der Waals surface area contributed by atoms with E-state index in [4.69, 9.17) is 20.3 Å². The molecule has 1 saturated heterocycles. The molecule has 0 radical (unpaired) electrons. The van der Waals surface area contributed by atoms with E-state index in [9.17, 15) is 14.7 Å². The summed E-state index contributed by atoms with van der Waals surface area (Å²) in [4.78, 5) is 25.1. The molecule has 4 N–H and O–H groups in total. The van der Waals surface area contributed by atoms with Crippen LogP contribution in [0.25, 0.3) is 0 Å². The largest absolute Gasteiger partial charge is 0.493 e. The van der Waals surface area contributed by atoms with E-state index in [1.807, 2.05) is 0 Å². The molecule has 144 valence electrons. The molecule has 1 aliphatic rings. The van der Waals surface area contributed by atoms with Crippen molar-refractivity contribution in [3.05, 3.63) is 17.7 Å². The first-order chi connectivity index (χ1) is 12.5. The predicted octanol–water partition coefficient (Wildman–Crippen LogP) is 1.51. The fourth-order valence-corrected chi connectivity index (χ4v) is 3.05. The van der Waals surface area contributed by atoms with Crippen LogP contribution < -0.4 is 15.2 Å². The summed E-state index contributed by atoms with van der Waals surface area (Å²) >= 11 is 0. The molecule has 2 rings (SSSR count). The molecular formula is C18H26N2O6. The number of nitrogens with two attached hydrogens (primary N) is 1. The number of rotatable bonds is 8. The Bertz CT molecular complexity index is 649. The van der Waals surface area contributed by atoms with Gasteiger partial charge in [-0.25, -0.2) is 0 Å². The number of hydrogen-bond donors (Lipinski definition) is 3. The van der Waals surface area contributed by atoms with Crippen LogP contribution in [0.15, 0.2) is 12.1 Å². The molecule has 0 unspecified atom stereocenters. The topological polar surface area (TPSA) is 122 Å². The third kappa shape index (κ3) is 4.78. The lowest BCUT2D eigenvalue weighted by molar-refractivity contribution is -0.137. The van der Waals surface area contributed by atoms with E-state index in [0.717, 1.165) is 19.3 Å². The molecule has 8 heteroatoms. The summed E-state index contributed by atoms with van der Waals surface area (Å²) in [6, 6.07) is 2.85. The van der Waals surface area contributed by atoms with E-state index in [1.165, 1.54) is 19.2 Å². The fourth-order valence-electron chi connectivity index (χ4n) is 3.05. The van der Waals surface area contributed by atoms with Crippen LogP contribution in [0.4, 0.5) is 5.69 Å². The van der Waals surface area contributed by atoms with E-state index < -0.39 is 5.97 Å². The van der Waals surface area contributed by atoms with Crippen LogP contribution in [0, 0.1) is 0 Å². The van der Waals surface area contributed by atoms with Gasteiger partial charge in [0.2, 0.25) is 0 Å². The van der Waals surface area contributed by atoms with Crippen molar-refractivity contribution in [2.75, 3.05) is 32.6 Å². The number of amides is 1. The first-order valence-corrected chi connectivity index (χ1v) is 8.71. The molecule has 1 fully saturated rings. The van der Waals surface area contributed by atoms with Crippen LogP contribution in [0.2, 0.25) is 0 Å². The monoisotopic (exact) mass is 366 g/mol. The number of hydrogen-bond acceptors (Lipinski definition) is 6. The zero-order chi connectivity index (χ0) is 19.1. The van der Waals surface area contributed by atoms with Gasteiger partial charge in [-0.3, -0.25) is 9.59 Å². The molecule has 8 nitrogen and oxygen atoms in total. The van der Waals surface area contributed by atoms with Crippen LogP contribution in [-0.2, 0) is 4.79 Å². The van der Waals surface area contributed by atoms with Gasteiger partial charge in [-0.2, -0.15) is 0 Å². The number of carbonyl (C=O) groups is 2. The van der Waals surface area contributed by atoms with Crippen molar-refractivity contribution in [2.24, 2.45) is 0 Å². The van der Waals surface area contributed by atoms with Crippen LogP contribution in [0.1, 0.15) is 42.5 Å². The number of aliphatic carboxylic acids is 1. The van der Waals surface area contributed by atoms with Crippen molar-refractivity contribution in [1.29, 1.82) is 0 Å². The zero-order valence-electron chi connectivity index (χ0n) is 14.9. The van der Waals surface area contributed by atoms with Gasteiger partial charge < -0.3 is 30.3 Å². The molecule has 0 spiro atoms. The van der Waals surface area contributed by atoms with Gasteiger partial charge in [0.25, 0.3) is 5.91 Å². The molecule has 1 aromatic rings. The standard InChI is InChI=1S/C18H26N2O6/c1-25-15-9-13(18(24)20-7-3-2-5-12(20)11-21)14(19)10-16(15)26-8-4-6-17(22)23/h9-10,12,21H,2-8,11,19H2,1H3,(H,22,23)/t12-/m0/s1. The highest BCUT2D eigenvalue weighted by molar-refractivity contribution is 6.00. The molecule has 0 saturated carbocycles. The van der Waals surface area contributed by atoms with Crippen LogP contribution in [0.5, 0.6) is 11.5 Å². The molecule has 1 amide bonds. The van der Waals surface area contributed by atoms with Gasteiger partial charge in [0, 0.05) is 24.7 Å². The predicted molar refractivity (Wildman–Crippen MR) is 95.5 cm³/mol. The van der Waals surface area contributed by atoms with Gasteiger partial charge in [-0.15, -0.1) is 0 Å². The first kappa shape index (κ1) is 19.8. The van der Waals surface area contributed by atoms with Crippen LogP contribution >= 0.6 is 0 Å². The molecule has 0 bridgehead atoms. The zero-order valence-corrected chi connectivity index (χ0v) is 14.9. The number of anilines is 1. The number of carboxylic acid groups (broad SMARTS) is 1. The summed E-state index contributed by atoms with van der Waals surface area (Å²) < 4.78 is 10.8. The number of aliphatic hydroxyl groups excluding tert-OH is 1. The Kier molecular flexibility index (Phi) is 7.08. The first-order valence-electron chi connectivity index (χ1n) is 8.71. The Labute approximate surface area is 152 Å². The average Bonchev–Trinajstić information content (AvgIpc) is 2.64. The summed E-state index contributed by atoms with van der Waals surface area (Å²) in [5.41, 5.74) is 6.61. The Morgan fingerprint density at radius 1 is 1.31 bits per heavy atom. The Hall–Kier alpha value is -2.48. The maximum Gasteiger partial charge on any atom is 0.303 e. The molecule has 0 aliphatic carbocycles. The lowest BCUT2D eigenvalue weighted by Gasteiger charge is -2.35. The number of piperidine rings is 1. The molecule has 26 heavy (non-hydrogen) atoms. The van der Waals surface area contributed by atoms with Gasteiger partial charge in [-0.05, 0) is 31.7 Å². The number of nitrogen functional groups attached to an aromatic ring is 1. The summed E-state index contributed by atoms with van der Waals surface area (Å²) in [6.07, 6.45) is 3.00. The summed E-state index contributed by atoms with van der Waals surface area (Å²) in [5, 5.41) is 18.2. The van der Waals surface area contributed by atoms with Crippen molar-refractivity contribution in [2.45, 2.75) is 38.1 Å². The fraction of sp³-hybridized carbons (Fsp3) is 0.556. The van der Waals surface area contributed by atoms with Gasteiger partial charge in [0.15, 0.2) is 11.5 Å². The highest BCUT2D eigenvalue weighted by Crippen LogP contribution is 2.34. The number of ether oxygens (including phenoxy) is 2. The molecule has 1 atom stereocenters. The Morgan fingerprint density at radius 2 is 2.08 bits per heavy atom. The highest BCUT2D eigenvalue weighted by atomic mass is 16.5. The summed E-state index contributed by atoms with van der Waals surface area (Å²) in [6.45, 7) is 0.709. The number of benzene rings is 1. The number of nitrogens with zero attached hydrogens (tertiary/aromatic N) is 1. The minimum atomic E-state index is -0.888. The second kappa shape index (κ2) is 9.28. The third-order valence-corrected chi connectivity index (χ3v) is 4.46. The second-order valence-corrected chi connectivity index (χ2v) is 6.27. The molecule has 1 heterocycles. The molecule has 1 aliphatic heterocycles. The number of aliphatic hydroxyl groups is 1. The summed E-state index contributed by atoms with van der Waals surface area (Å²) in [7, 11) is 1.46. The van der Waals surface area contributed by atoms with Crippen molar-refractivity contribution in [3.8, 4) is 11.5 Å². The van der Waals surface area contributed by atoms with Gasteiger partial charge in [-0.1, -0.05) is 0 Å². The molecular weight excluding hydrogens is 340 g/mol. The van der Waals surface area contributed by atoms with E-state index in [-0.39, 0.29) is 37.3 Å². The molecule has 1 aromatic carbocycles. The lowest BCUT2D eigenvalue weighted by atomic mass is 10.0.